The smallest absolute Gasteiger partial charge is 0.0474 e. The van der Waals surface area contributed by atoms with Crippen molar-refractivity contribution < 1.29 is 0 Å². The molecule has 0 fully saturated rings. The molecule has 0 aliphatic rings. The van der Waals surface area contributed by atoms with E-state index in [4.69, 9.17) is 11.6 Å². The maximum Gasteiger partial charge on any atom is 0.0474 e. The fourth-order valence-corrected chi connectivity index (χ4v) is 2.32. The molecule has 0 heterocycles. The van der Waals surface area contributed by atoms with E-state index in [0.29, 0.717) is 5.88 Å². The molecule has 0 saturated heterocycles. The Hall–Kier alpha value is -2.05. The number of halogens is 1. The summed E-state index contributed by atoms with van der Waals surface area (Å²) in [5.41, 5.74) is 4.00. The lowest BCUT2D eigenvalue weighted by atomic mass is 10.0. The highest BCUT2D eigenvalue weighted by molar-refractivity contribution is 6.17. The molecule has 0 N–H and O–H groups in total. The minimum absolute atomic E-state index is 0.612. The standard InChI is InChI=1S/C14H14.C7H7Cl/c1-3-7-13(8-4-1)11-12-14-9-5-2-6-10-14;8-6-7-4-2-1-3-5-7/h1-10H,11-12H2;1-5H,6H2. The zero-order chi connectivity index (χ0) is 15.5. The Morgan fingerprint density at radius 3 is 1.05 bits per heavy atom. The molecule has 1 heteroatoms. The van der Waals surface area contributed by atoms with E-state index in [1.807, 2.05) is 30.3 Å². The molecule has 0 aromatic heterocycles. The average Bonchev–Trinajstić information content (AvgIpc) is 2.63. The first-order valence-electron chi connectivity index (χ1n) is 7.56. The van der Waals surface area contributed by atoms with Gasteiger partial charge in [-0.05, 0) is 29.5 Å². The van der Waals surface area contributed by atoms with Crippen LogP contribution in [-0.2, 0) is 18.7 Å². The molecule has 0 aliphatic carbocycles. The van der Waals surface area contributed by atoms with E-state index in [2.05, 4.69) is 60.7 Å². The van der Waals surface area contributed by atoms with E-state index in [-0.39, 0.29) is 0 Å². The van der Waals surface area contributed by atoms with Crippen LogP contribution in [0.2, 0.25) is 0 Å². The molecule has 0 unspecified atom stereocenters. The van der Waals surface area contributed by atoms with Crippen LogP contribution in [0.3, 0.4) is 0 Å². The molecule has 0 nitrogen and oxygen atoms in total. The summed E-state index contributed by atoms with van der Waals surface area (Å²) in [5, 5.41) is 0. The molecular formula is C21H21Cl. The predicted molar refractivity (Wildman–Crippen MR) is 96.3 cm³/mol. The lowest BCUT2D eigenvalue weighted by Crippen LogP contribution is -1.89. The Kier molecular flexibility index (Phi) is 7.28. The Bertz CT molecular complexity index is 578. The predicted octanol–water partition coefficient (Wildman–Crippen LogP) is 5.90. The molecule has 112 valence electrons. The van der Waals surface area contributed by atoms with E-state index < -0.39 is 0 Å². The summed E-state index contributed by atoms with van der Waals surface area (Å²) in [5.74, 6) is 0.612. The van der Waals surface area contributed by atoms with Crippen LogP contribution >= 0.6 is 11.6 Å². The number of hydrogen-bond donors (Lipinski definition) is 0. The van der Waals surface area contributed by atoms with Gasteiger partial charge in [0.15, 0.2) is 0 Å². The summed E-state index contributed by atoms with van der Waals surface area (Å²) in [4.78, 5) is 0. The van der Waals surface area contributed by atoms with Crippen LogP contribution in [0.25, 0.3) is 0 Å². The second-order valence-electron chi connectivity index (χ2n) is 5.09. The fraction of sp³-hybridized carbons (Fsp3) is 0.143. The first-order valence-corrected chi connectivity index (χ1v) is 8.09. The van der Waals surface area contributed by atoms with Gasteiger partial charge in [0.05, 0.1) is 0 Å². The Labute approximate surface area is 138 Å². The number of aryl methyl sites for hydroxylation is 2. The molecule has 0 saturated carbocycles. The second kappa shape index (κ2) is 9.81. The monoisotopic (exact) mass is 308 g/mol. The van der Waals surface area contributed by atoms with E-state index in [1.165, 1.54) is 16.7 Å². The van der Waals surface area contributed by atoms with Crippen molar-refractivity contribution in [3.8, 4) is 0 Å². The van der Waals surface area contributed by atoms with Crippen LogP contribution in [0.15, 0.2) is 91.0 Å². The van der Waals surface area contributed by atoms with E-state index in [9.17, 15) is 0 Å². The first kappa shape index (κ1) is 16.3. The van der Waals surface area contributed by atoms with Crippen molar-refractivity contribution in [2.45, 2.75) is 18.7 Å². The normalized spacial score (nSPS) is 9.68. The molecule has 0 amide bonds. The highest BCUT2D eigenvalue weighted by atomic mass is 35.5. The Morgan fingerprint density at radius 1 is 0.455 bits per heavy atom. The van der Waals surface area contributed by atoms with E-state index in [1.54, 1.807) is 0 Å². The van der Waals surface area contributed by atoms with Crippen LogP contribution in [0, 0.1) is 0 Å². The van der Waals surface area contributed by atoms with Crippen LogP contribution in [-0.4, -0.2) is 0 Å². The van der Waals surface area contributed by atoms with Crippen LogP contribution in [0.1, 0.15) is 16.7 Å². The summed E-state index contributed by atoms with van der Waals surface area (Å²) >= 11 is 5.53. The van der Waals surface area contributed by atoms with Gasteiger partial charge in [-0.15, -0.1) is 11.6 Å². The molecule has 0 radical (unpaired) electrons. The van der Waals surface area contributed by atoms with E-state index >= 15 is 0 Å². The van der Waals surface area contributed by atoms with Gasteiger partial charge in [-0.1, -0.05) is 91.0 Å². The highest BCUT2D eigenvalue weighted by Crippen LogP contribution is 2.06. The Morgan fingerprint density at radius 2 is 0.773 bits per heavy atom. The van der Waals surface area contributed by atoms with Gasteiger partial charge in [-0.2, -0.15) is 0 Å². The molecule has 0 bridgehead atoms. The molecule has 0 atom stereocenters. The van der Waals surface area contributed by atoms with Gasteiger partial charge in [0.2, 0.25) is 0 Å². The van der Waals surface area contributed by atoms with Crippen LogP contribution in [0.5, 0.6) is 0 Å². The van der Waals surface area contributed by atoms with E-state index in [0.717, 1.165) is 12.8 Å². The number of hydrogen-bond acceptors (Lipinski definition) is 0. The minimum Gasteiger partial charge on any atom is -0.122 e. The maximum atomic E-state index is 5.53. The summed E-state index contributed by atoms with van der Waals surface area (Å²) in [6, 6.07) is 31.2. The molecule has 3 aromatic carbocycles. The fourth-order valence-electron chi connectivity index (χ4n) is 2.15. The van der Waals surface area contributed by atoms with Crippen LogP contribution in [0.4, 0.5) is 0 Å². The summed E-state index contributed by atoms with van der Waals surface area (Å²) in [7, 11) is 0. The minimum atomic E-state index is 0.612. The van der Waals surface area contributed by atoms with Crippen molar-refractivity contribution in [3.63, 3.8) is 0 Å². The van der Waals surface area contributed by atoms with Gasteiger partial charge >= 0.3 is 0 Å². The summed E-state index contributed by atoms with van der Waals surface area (Å²) in [6.07, 6.45) is 2.26. The van der Waals surface area contributed by atoms with Crippen molar-refractivity contribution in [1.29, 1.82) is 0 Å². The lowest BCUT2D eigenvalue weighted by Gasteiger charge is -2.01. The highest BCUT2D eigenvalue weighted by Gasteiger charge is 1.93. The van der Waals surface area contributed by atoms with Gasteiger partial charge in [-0.3, -0.25) is 0 Å². The lowest BCUT2D eigenvalue weighted by molar-refractivity contribution is 0.960. The second-order valence-corrected chi connectivity index (χ2v) is 5.36. The first-order chi connectivity index (χ1) is 10.9. The SMILES string of the molecule is ClCc1ccccc1.c1ccc(CCc2ccccc2)cc1. The molecule has 22 heavy (non-hydrogen) atoms. The third-order valence-corrected chi connectivity index (χ3v) is 3.69. The quantitative estimate of drug-likeness (QED) is 0.527. The number of benzene rings is 3. The molecule has 3 rings (SSSR count). The third kappa shape index (κ3) is 6.15. The zero-order valence-electron chi connectivity index (χ0n) is 12.7. The molecular weight excluding hydrogens is 288 g/mol. The largest absolute Gasteiger partial charge is 0.122 e. The maximum absolute atomic E-state index is 5.53. The average molecular weight is 309 g/mol. The van der Waals surface area contributed by atoms with Gasteiger partial charge in [0.25, 0.3) is 0 Å². The van der Waals surface area contributed by atoms with Gasteiger partial charge in [-0.25, -0.2) is 0 Å². The molecule has 0 spiro atoms. The van der Waals surface area contributed by atoms with Crippen molar-refractivity contribution in [2.24, 2.45) is 0 Å². The zero-order valence-corrected chi connectivity index (χ0v) is 13.4. The van der Waals surface area contributed by atoms with Gasteiger partial charge in [0, 0.05) is 5.88 Å². The van der Waals surface area contributed by atoms with Crippen molar-refractivity contribution >= 4 is 11.6 Å². The summed E-state index contributed by atoms with van der Waals surface area (Å²) in [6.45, 7) is 0. The number of alkyl halides is 1. The topological polar surface area (TPSA) is 0 Å². The molecule has 0 aliphatic heterocycles. The van der Waals surface area contributed by atoms with Gasteiger partial charge < -0.3 is 0 Å². The van der Waals surface area contributed by atoms with Crippen molar-refractivity contribution in [3.05, 3.63) is 108 Å². The molecule has 3 aromatic rings. The van der Waals surface area contributed by atoms with Gasteiger partial charge in [0.1, 0.15) is 0 Å². The Balaban J connectivity index is 0.000000188. The van der Waals surface area contributed by atoms with Crippen LogP contribution < -0.4 is 0 Å². The van der Waals surface area contributed by atoms with Crippen molar-refractivity contribution in [2.75, 3.05) is 0 Å². The number of rotatable bonds is 4. The van der Waals surface area contributed by atoms with Crippen molar-refractivity contribution in [1.82, 2.24) is 0 Å². The summed E-state index contributed by atoms with van der Waals surface area (Å²) < 4.78 is 0. The third-order valence-electron chi connectivity index (χ3n) is 3.39.